The summed E-state index contributed by atoms with van der Waals surface area (Å²) in [7, 11) is -1.10. The van der Waals surface area contributed by atoms with Crippen LogP contribution in [0.2, 0.25) is 31.0 Å². The molecule has 0 radical (unpaired) electrons. The average molecular weight is 444 g/mol. The SMILES string of the molecule is C[Si](C)(C)CCOCn1c(C2CCC2)nc(Br)c1-c1ccnc(Cl)n1. The number of ether oxygens (including phenoxy) is 1. The van der Waals surface area contributed by atoms with Crippen LogP contribution in [0, 0.1) is 0 Å². The summed E-state index contributed by atoms with van der Waals surface area (Å²) >= 11 is 9.60. The van der Waals surface area contributed by atoms with E-state index in [0.717, 1.165) is 34.5 Å². The summed E-state index contributed by atoms with van der Waals surface area (Å²) in [6.07, 6.45) is 5.30. The van der Waals surface area contributed by atoms with Crippen LogP contribution in [0.5, 0.6) is 0 Å². The Morgan fingerprint density at radius 1 is 1.32 bits per heavy atom. The van der Waals surface area contributed by atoms with Crippen LogP contribution in [-0.2, 0) is 11.5 Å². The topological polar surface area (TPSA) is 52.8 Å². The highest BCUT2D eigenvalue weighted by molar-refractivity contribution is 9.10. The van der Waals surface area contributed by atoms with E-state index in [1.165, 1.54) is 19.3 Å². The van der Waals surface area contributed by atoms with Gasteiger partial charge in [0.2, 0.25) is 5.28 Å². The van der Waals surface area contributed by atoms with Gasteiger partial charge in [-0.15, -0.1) is 0 Å². The van der Waals surface area contributed by atoms with Gasteiger partial charge in [-0.3, -0.25) is 0 Å². The summed E-state index contributed by atoms with van der Waals surface area (Å²) in [5, 5.41) is 0.238. The first-order chi connectivity index (χ1) is 11.8. The van der Waals surface area contributed by atoms with E-state index in [1.54, 1.807) is 6.20 Å². The zero-order chi connectivity index (χ0) is 18.0. The lowest BCUT2D eigenvalue weighted by Crippen LogP contribution is -2.23. The average Bonchev–Trinajstić information content (AvgIpc) is 2.77. The normalized spacial score (nSPS) is 15.4. The number of hydrogen-bond donors (Lipinski definition) is 0. The highest BCUT2D eigenvalue weighted by Crippen LogP contribution is 2.39. The molecule has 0 N–H and O–H groups in total. The Balaban J connectivity index is 1.87. The van der Waals surface area contributed by atoms with Gasteiger partial charge in [-0.05, 0) is 52.5 Å². The first-order valence-corrected chi connectivity index (χ1v) is 13.6. The molecule has 1 saturated carbocycles. The maximum Gasteiger partial charge on any atom is 0.222 e. The number of hydrogen-bond acceptors (Lipinski definition) is 4. The van der Waals surface area contributed by atoms with E-state index in [0.29, 0.717) is 12.6 Å². The van der Waals surface area contributed by atoms with Crippen molar-refractivity contribution in [2.75, 3.05) is 6.61 Å². The van der Waals surface area contributed by atoms with Gasteiger partial charge in [0.05, 0.1) is 5.69 Å². The Morgan fingerprint density at radius 2 is 2.08 bits per heavy atom. The van der Waals surface area contributed by atoms with Gasteiger partial charge in [0.15, 0.2) is 0 Å². The fourth-order valence-electron chi connectivity index (χ4n) is 2.79. The van der Waals surface area contributed by atoms with E-state index >= 15 is 0 Å². The van der Waals surface area contributed by atoms with E-state index in [1.807, 2.05) is 6.07 Å². The fraction of sp³-hybridized carbons (Fsp3) is 0.588. The van der Waals surface area contributed by atoms with E-state index < -0.39 is 8.07 Å². The Bertz CT molecular complexity index is 743. The number of aromatic nitrogens is 4. The maximum absolute atomic E-state index is 6.02. The molecule has 3 rings (SSSR count). The summed E-state index contributed by atoms with van der Waals surface area (Å²) in [6, 6.07) is 3.01. The molecule has 0 amide bonds. The van der Waals surface area contributed by atoms with Crippen molar-refractivity contribution in [3.63, 3.8) is 0 Å². The number of nitrogens with zero attached hydrogens (tertiary/aromatic N) is 4. The molecular formula is C17H24BrClN4OSi. The molecular weight excluding hydrogens is 420 g/mol. The van der Waals surface area contributed by atoms with Gasteiger partial charge in [-0.2, -0.15) is 0 Å². The number of imidazole rings is 1. The molecule has 2 aromatic heterocycles. The highest BCUT2D eigenvalue weighted by atomic mass is 79.9. The zero-order valence-electron chi connectivity index (χ0n) is 14.9. The van der Waals surface area contributed by atoms with Crippen molar-refractivity contribution in [3.05, 3.63) is 28.0 Å². The number of rotatable bonds is 7. The van der Waals surface area contributed by atoms with Crippen LogP contribution >= 0.6 is 27.5 Å². The van der Waals surface area contributed by atoms with E-state index in [4.69, 9.17) is 21.3 Å². The summed E-state index contributed by atoms with van der Waals surface area (Å²) in [4.78, 5) is 13.1. The smallest absolute Gasteiger partial charge is 0.222 e. The lowest BCUT2D eigenvalue weighted by molar-refractivity contribution is 0.0841. The summed E-state index contributed by atoms with van der Waals surface area (Å²) in [5.74, 6) is 1.58. The molecule has 2 heterocycles. The van der Waals surface area contributed by atoms with Crippen molar-refractivity contribution in [3.8, 4) is 11.4 Å². The monoisotopic (exact) mass is 442 g/mol. The molecule has 1 fully saturated rings. The number of halogens is 2. The molecule has 0 unspecified atom stereocenters. The predicted molar refractivity (Wildman–Crippen MR) is 107 cm³/mol. The summed E-state index contributed by atoms with van der Waals surface area (Å²) in [6.45, 7) is 8.35. The molecule has 136 valence electrons. The van der Waals surface area contributed by atoms with Crippen molar-refractivity contribution in [1.82, 2.24) is 19.5 Å². The van der Waals surface area contributed by atoms with Crippen LogP contribution in [-0.4, -0.2) is 34.2 Å². The van der Waals surface area contributed by atoms with Crippen LogP contribution in [0.1, 0.15) is 31.0 Å². The second-order valence-electron chi connectivity index (χ2n) is 7.72. The predicted octanol–water partition coefficient (Wildman–Crippen LogP) is 5.34. The van der Waals surface area contributed by atoms with Crippen LogP contribution in [0.4, 0.5) is 0 Å². The largest absolute Gasteiger partial charge is 0.361 e. The summed E-state index contributed by atoms with van der Waals surface area (Å²) in [5.41, 5.74) is 1.68. The Labute approximate surface area is 163 Å². The third kappa shape index (κ3) is 4.70. The van der Waals surface area contributed by atoms with Crippen LogP contribution in [0.25, 0.3) is 11.4 Å². The van der Waals surface area contributed by atoms with Gasteiger partial charge in [0, 0.05) is 26.8 Å². The standard InChI is InChI=1S/C17H24BrClN4OSi/c1-25(2,3)10-9-24-11-23-14(13-7-8-20-17(19)21-13)15(18)22-16(23)12-5-4-6-12/h7-8,12H,4-6,9-11H2,1-3H3. The highest BCUT2D eigenvalue weighted by Gasteiger charge is 2.28. The van der Waals surface area contributed by atoms with Gasteiger partial charge in [-0.25, -0.2) is 15.0 Å². The van der Waals surface area contributed by atoms with Crippen molar-refractivity contribution < 1.29 is 4.74 Å². The lowest BCUT2D eigenvalue weighted by Gasteiger charge is -2.26. The second-order valence-corrected chi connectivity index (χ2v) is 14.4. The summed E-state index contributed by atoms with van der Waals surface area (Å²) < 4.78 is 8.96. The minimum absolute atomic E-state index is 0.238. The minimum Gasteiger partial charge on any atom is -0.361 e. The molecule has 1 aliphatic rings. The minimum atomic E-state index is -1.10. The fourth-order valence-corrected chi connectivity index (χ4v) is 4.30. The van der Waals surface area contributed by atoms with Gasteiger partial charge < -0.3 is 9.30 Å². The third-order valence-corrected chi connectivity index (χ3v) is 6.95. The van der Waals surface area contributed by atoms with E-state index in [-0.39, 0.29) is 5.28 Å². The molecule has 0 spiro atoms. The van der Waals surface area contributed by atoms with Crippen LogP contribution < -0.4 is 0 Å². The van der Waals surface area contributed by atoms with Crippen molar-refractivity contribution in [1.29, 1.82) is 0 Å². The second kappa shape index (κ2) is 7.86. The molecule has 0 saturated heterocycles. The molecule has 5 nitrogen and oxygen atoms in total. The third-order valence-electron chi connectivity index (χ3n) is 4.51. The van der Waals surface area contributed by atoms with Crippen molar-refractivity contribution in [2.45, 2.75) is 57.6 Å². The van der Waals surface area contributed by atoms with Gasteiger partial charge in [0.25, 0.3) is 0 Å². The molecule has 0 atom stereocenters. The molecule has 0 bridgehead atoms. The van der Waals surface area contributed by atoms with Crippen molar-refractivity contribution in [2.24, 2.45) is 0 Å². The van der Waals surface area contributed by atoms with E-state index in [2.05, 4.69) is 50.1 Å². The Kier molecular flexibility index (Phi) is 5.98. The van der Waals surface area contributed by atoms with Crippen LogP contribution in [0.3, 0.4) is 0 Å². The quantitative estimate of drug-likeness (QED) is 0.329. The molecule has 2 aromatic rings. The Morgan fingerprint density at radius 3 is 2.68 bits per heavy atom. The first-order valence-electron chi connectivity index (χ1n) is 8.68. The van der Waals surface area contributed by atoms with Gasteiger partial charge in [-0.1, -0.05) is 26.1 Å². The van der Waals surface area contributed by atoms with Gasteiger partial charge >= 0.3 is 0 Å². The molecule has 25 heavy (non-hydrogen) atoms. The maximum atomic E-state index is 6.02. The molecule has 1 aliphatic carbocycles. The lowest BCUT2D eigenvalue weighted by atomic mass is 9.85. The van der Waals surface area contributed by atoms with Gasteiger partial charge in [0.1, 0.15) is 22.9 Å². The molecule has 0 aromatic carbocycles. The first kappa shape index (κ1) is 19.0. The van der Waals surface area contributed by atoms with E-state index in [9.17, 15) is 0 Å². The Hall–Kier alpha value is -0.763. The van der Waals surface area contributed by atoms with Crippen molar-refractivity contribution >= 4 is 35.6 Å². The molecule has 0 aliphatic heterocycles. The molecule has 8 heteroatoms. The van der Waals surface area contributed by atoms with Crippen LogP contribution in [0.15, 0.2) is 16.9 Å². The zero-order valence-corrected chi connectivity index (χ0v) is 18.3.